The highest BCUT2D eigenvalue weighted by Gasteiger charge is 2.16. The van der Waals surface area contributed by atoms with Crippen LogP contribution in [-0.4, -0.2) is 9.97 Å². The Morgan fingerprint density at radius 1 is 1.21 bits per heavy atom. The van der Waals surface area contributed by atoms with E-state index in [1.807, 2.05) is 6.20 Å². The second kappa shape index (κ2) is 2.84. The summed E-state index contributed by atoms with van der Waals surface area (Å²) in [7, 11) is 0. The van der Waals surface area contributed by atoms with E-state index in [0.29, 0.717) is 0 Å². The normalized spacial score (nSPS) is 12.3. The van der Waals surface area contributed by atoms with E-state index < -0.39 is 0 Å². The number of hydrogen-bond acceptors (Lipinski definition) is 1. The zero-order valence-electron chi connectivity index (χ0n) is 9.18. The second-order valence-corrected chi connectivity index (χ2v) is 4.88. The molecular weight excluding hydrogens is 172 g/mol. The van der Waals surface area contributed by atoms with E-state index in [4.69, 9.17) is 0 Å². The molecule has 0 aromatic carbocycles. The lowest BCUT2D eigenvalue weighted by atomic mass is 9.92. The first-order chi connectivity index (χ1) is 6.47. The number of H-pyrrole nitrogens is 1. The predicted octanol–water partition coefficient (Wildman–Crippen LogP) is 3.17. The fraction of sp³-hybridized carbons (Fsp3) is 0.417. The van der Waals surface area contributed by atoms with Crippen LogP contribution in [0.4, 0.5) is 0 Å². The number of fused-ring (bicyclic) bond motifs is 1. The first kappa shape index (κ1) is 9.25. The van der Waals surface area contributed by atoms with Gasteiger partial charge in [-0.1, -0.05) is 20.8 Å². The van der Waals surface area contributed by atoms with Crippen LogP contribution in [0.5, 0.6) is 0 Å². The van der Waals surface area contributed by atoms with Crippen molar-refractivity contribution >= 4 is 11.0 Å². The highest BCUT2D eigenvalue weighted by Crippen LogP contribution is 2.24. The average molecular weight is 188 g/mol. The molecule has 0 atom stereocenters. The lowest BCUT2D eigenvalue weighted by molar-refractivity contribution is 0.574. The van der Waals surface area contributed by atoms with E-state index >= 15 is 0 Å². The molecule has 0 radical (unpaired) electrons. The molecule has 0 spiro atoms. The lowest BCUT2D eigenvalue weighted by Gasteiger charge is -2.15. The van der Waals surface area contributed by atoms with Gasteiger partial charge in [0.25, 0.3) is 0 Å². The molecule has 2 rings (SSSR count). The first-order valence-electron chi connectivity index (χ1n) is 4.93. The summed E-state index contributed by atoms with van der Waals surface area (Å²) >= 11 is 0. The fourth-order valence-electron chi connectivity index (χ4n) is 1.53. The Bertz CT molecular complexity index is 461. The van der Waals surface area contributed by atoms with Crippen LogP contribution in [0.25, 0.3) is 11.0 Å². The van der Waals surface area contributed by atoms with Crippen LogP contribution >= 0.6 is 0 Å². The van der Waals surface area contributed by atoms with Crippen molar-refractivity contribution < 1.29 is 0 Å². The van der Waals surface area contributed by atoms with E-state index in [9.17, 15) is 0 Å². The van der Waals surface area contributed by atoms with Crippen molar-refractivity contribution in [1.82, 2.24) is 9.97 Å². The summed E-state index contributed by atoms with van der Waals surface area (Å²) in [6.45, 7) is 8.66. The van der Waals surface area contributed by atoms with Gasteiger partial charge in [0.05, 0.1) is 0 Å². The molecule has 0 saturated heterocycles. The molecule has 0 amide bonds. The standard InChI is InChI=1S/C12H16N2/c1-8-5-9-6-10(12(2,3)4)14-11(9)13-7-8/h5-7H,1-4H3,(H,13,14). The molecule has 0 saturated carbocycles. The van der Waals surface area contributed by atoms with Crippen molar-refractivity contribution in [3.8, 4) is 0 Å². The molecule has 2 heteroatoms. The number of aryl methyl sites for hydroxylation is 1. The maximum Gasteiger partial charge on any atom is 0.137 e. The molecule has 2 heterocycles. The number of aromatic nitrogens is 2. The Labute approximate surface area is 84.4 Å². The van der Waals surface area contributed by atoms with Gasteiger partial charge < -0.3 is 4.98 Å². The Morgan fingerprint density at radius 2 is 1.93 bits per heavy atom. The maximum atomic E-state index is 4.36. The third kappa shape index (κ3) is 1.52. The second-order valence-electron chi connectivity index (χ2n) is 4.88. The molecule has 2 nitrogen and oxygen atoms in total. The number of nitrogens with one attached hydrogen (secondary N) is 1. The zero-order chi connectivity index (χ0) is 10.3. The average Bonchev–Trinajstić information content (AvgIpc) is 2.45. The minimum atomic E-state index is 0.161. The van der Waals surface area contributed by atoms with Crippen molar-refractivity contribution in [1.29, 1.82) is 0 Å². The Hall–Kier alpha value is -1.31. The summed E-state index contributed by atoms with van der Waals surface area (Å²) in [6.07, 6.45) is 1.89. The summed E-state index contributed by atoms with van der Waals surface area (Å²) in [5, 5.41) is 1.20. The van der Waals surface area contributed by atoms with Crippen LogP contribution in [0.15, 0.2) is 18.3 Å². The van der Waals surface area contributed by atoms with E-state index in [0.717, 1.165) is 5.65 Å². The van der Waals surface area contributed by atoms with E-state index in [2.05, 4.69) is 49.8 Å². The molecule has 0 fully saturated rings. The van der Waals surface area contributed by atoms with E-state index in [1.165, 1.54) is 16.6 Å². The minimum absolute atomic E-state index is 0.161. The summed E-state index contributed by atoms with van der Waals surface area (Å²) in [4.78, 5) is 7.71. The topological polar surface area (TPSA) is 28.7 Å². The number of aromatic amines is 1. The van der Waals surface area contributed by atoms with Gasteiger partial charge in [-0.25, -0.2) is 4.98 Å². The lowest BCUT2D eigenvalue weighted by Crippen LogP contribution is -2.11. The molecular formula is C12H16N2. The number of nitrogens with zero attached hydrogens (tertiary/aromatic N) is 1. The van der Waals surface area contributed by atoms with Crippen LogP contribution in [0.1, 0.15) is 32.0 Å². The Balaban J connectivity index is 2.63. The van der Waals surface area contributed by atoms with Gasteiger partial charge >= 0.3 is 0 Å². The molecule has 0 aliphatic carbocycles. The Morgan fingerprint density at radius 3 is 2.57 bits per heavy atom. The van der Waals surface area contributed by atoms with Crippen molar-refractivity contribution in [2.45, 2.75) is 33.1 Å². The quantitative estimate of drug-likeness (QED) is 0.676. The van der Waals surface area contributed by atoms with Crippen LogP contribution in [0.3, 0.4) is 0 Å². The van der Waals surface area contributed by atoms with Crippen molar-refractivity contribution in [2.75, 3.05) is 0 Å². The van der Waals surface area contributed by atoms with Crippen LogP contribution in [0.2, 0.25) is 0 Å². The third-order valence-electron chi connectivity index (χ3n) is 2.41. The van der Waals surface area contributed by atoms with Crippen LogP contribution < -0.4 is 0 Å². The maximum absolute atomic E-state index is 4.36. The largest absolute Gasteiger partial charge is 0.343 e. The highest BCUT2D eigenvalue weighted by atomic mass is 14.9. The number of rotatable bonds is 0. The van der Waals surface area contributed by atoms with Crippen LogP contribution in [0, 0.1) is 6.92 Å². The van der Waals surface area contributed by atoms with Gasteiger partial charge in [0, 0.05) is 22.7 Å². The van der Waals surface area contributed by atoms with Crippen molar-refractivity contribution in [3.05, 3.63) is 29.6 Å². The summed E-state index contributed by atoms with van der Waals surface area (Å²) < 4.78 is 0. The van der Waals surface area contributed by atoms with Gasteiger partial charge in [-0.05, 0) is 24.6 Å². The fourth-order valence-corrected chi connectivity index (χ4v) is 1.53. The highest BCUT2D eigenvalue weighted by molar-refractivity contribution is 5.77. The van der Waals surface area contributed by atoms with Crippen LogP contribution in [-0.2, 0) is 5.41 Å². The number of hydrogen-bond donors (Lipinski definition) is 1. The summed E-state index contributed by atoms with van der Waals surface area (Å²) in [5.41, 5.74) is 3.59. The molecule has 14 heavy (non-hydrogen) atoms. The minimum Gasteiger partial charge on any atom is -0.343 e. The molecule has 0 bridgehead atoms. The monoisotopic (exact) mass is 188 g/mol. The Kier molecular flexibility index (Phi) is 1.88. The van der Waals surface area contributed by atoms with Crippen molar-refractivity contribution in [3.63, 3.8) is 0 Å². The van der Waals surface area contributed by atoms with E-state index in [1.54, 1.807) is 0 Å². The zero-order valence-corrected chi connectivity index (χ0v) is 9.18. The first-order valence-corrected chi connectivity index (χ1v) is 4.93. The van der Waals surface area contributed by atoms with Gasteiger partial charge in [-0.3, -0.25) is 0 Å². The molecule has 0 aliphatic rings. The van der Waals surface area contributed by atoms with Gasteiger partial charge in [0.2, 0.25) is 0 Å². The van der Waals surface area contributed by atoms with Gasteiger partial charge in [-0.2, -0.15) is 0 Å². The molecule has 2 aromatic rings. The molecule has 2 aromatic heterocycles. The SMILES string of the molecule is Cc1cnc2[nH]c(C(C)(C)C)cc2c1. The van der Waals surface area contributed by atoms with Crippen molar-refractivity contribution in [2.24, 2.45) is 0 Å². The van der Waals surface area contributed by atoms with Gasteiger partial charge in [0.1, 0.15) is 5.65 Å². The smallest absolute Gasteiger partial charge is 0.137 e. The molecule has 0 unspecified atom stereocenters. The molecule has 74 valence electrons. The van der Waals surface area contributed by atoms with E-state index in [-0.39, 0.29) is 5.41 Å². The predicted molar refractivity (Wildman–Crippen MR) is 59.5 cm³/mol. The van der Waals surface area contributed by atoms with Gasteiger partial charge in [0.15, 0.2) is 0 Å². The third-order valence-corrected chi connectivity index (χ3v) is 2.41. The summed E-state index contributed by atoms with van der Waals surface area (Å²) in [5.74, 6) is 0. The molecule has 1 N–H and O–H groups in total. The number of pyridine rings is 1. The summed E-state index contributed by atoms with van der Waals surface area (Å²) in [6, 6.07) is 4.35. The van der Waals surface area contributed by atoms with Gasteiger partial charge in [-0.15, -0.1) is 0 Å². The molecule has 0 aliphatic heterocycles.